The van der Waals surface area contributed by atoms with Gasteiger partial charge in [-0.25, -0.2) is 0 Å². The van der Waals surface area contributed by atoms with E-state index in [1.807, 2.05) is 24.4 Å². The number of nitrogens with one attached hydrogen (secondary N) is 1. The maximum absolute atomic E-state index is 5.49. The first kappa shape index (κ1) is 15.0. The number of halogens is 1. The van der Waals surface area contributed by atoms with Gasteiger partial charge in [0.15, 0.2) is 0 Å². The minimum atomic E-state index is 0. The van der Waals surface area contributed by atoms with Crippen LogP contribution in [0.1, 0.15) is 5.56 Å². The number of hydrogen-bond acceptors (Lipinski definition) is 3. The number of hydrogen-bond donors (Lipinski definition) is 1. The summed E-state index contributed by atoms with van der Waals surface area (Å²) in [6.45, 7) is 2.57. The molecule has 2 aromatic rings. The number of benzene rings is 1. The van der Waals surface area contributed by atoms with Gasteiger partial charge in [0.25, 0.3) is 0 Å². The molecule has 1 aliphatic heterocycles. The van der Waals surface area contributed by atoms with Crippen molar-refractivity contribution in [2.45, 2.75) is 12.5 Å². The minimum absolute atomic E-state index is 0. The average Bonchev–Trinajstić information content (AvgIpc) is 2.49. The summed E-state index contributed by atoms with van der Waals surface area (Å²) in [7, 11) is 0. The van der Waals surface area contributed by atoms with Gasteiger partial charge in [0.2, 0.25) is 0 Å². The molecule has 1 aliphatic rings. The smallest absolute Gasteiger partial charge is 0.0702 e. The first-order valence-corrected chi connectivity index (χ1v) is 6.73. The Morgan fingerprint density at radius 3 is 2.90 bits per heavy atom. The Morgan fingerprint density at radius 2 is 2.15 bits per heavy atom. The molecule has 0 amide bonds. The molecule has 3 rings (SSSR count). The highest BCUT2D eigenvalue weighted by atomic mass is 35.5. The summed E-state index contributed by atoms with van der Waals surface area (Å²) in [6, 6.07) is 15.0. The van der Waals surface area contributed by atoms with Crippen LogP contribution in [0.5, 0.6) is 0 Å². The highest BCUT2D eigenvalue weighted by Gasteiger charge is 2.13. The van der Waals surface area contributed by atoms with Gasteiger partial charge < -0.3 is 10.1 Å². The lowest BCUT2D eigenvalue weighted by Gasteiger charge is -2.23. The minimum Gasteiger partial charge on any atom is -0.379 e. The molecule has 106 valence electrons. The van der Waals surface area contributed by atoms with Crippen LogP contribution in [0.2, 0.25) is 0 Å². The first-order valence-electron chi connectivity index (χ1n) is 6.73. The molecule has 1 aromatic carbocycles. The molecule has 1 aromatic heterocycles. The van der Waals surface area contributed by atoms with Crippen molar-refractivity contribution in [2.75, 3.05) is 19.8 Å². The van der Waals surface area contributed by atoms with Gasteiger partial charge in [-0.15, -0.1) is 12.4 Å². The molecule has 0 saturated carbocycles. The second-order valence-electron chi connectivity index (χ2n) is 4.85. The van der Waals surface area contributed by atoms with Crippen LogP contribution in [0.15, 0.2) is 48.7 Å². The summed E-state index contributed by atoms with van der Waals surface area (Å²) < 4.78 is 5.49. The van der Waals surface area contributed by atoms with Gasteiger partial charge in [-0.2, -0.15) is 0 Å². The second kappa shape index (κ2) is 7.39. The summed E-state index contributed by atoms with van der Waals surface area (Å²) in [6.07, 6.45) is 2.83. The van der Waals surface area contributed by atoms with E-state index in [1.54, 1.807) is 0 Å². The fourth-order valence-electron chi connectivity index (χ4n) is 2.43. The zero-order valence-corrected chi connectivity index (χ0v) is 12.1. The monoisotopic (exact) mass is 290 g/mol. The number of nitrogens with zero attached hydrogens (tertiary/aromatic N) is 1. The molecular formula is C16H19ClN2O. The summed E-state index contributed by atoms with van der Waals surface area (Å²) in [5, 5.41) is 3.49. The van der Waals surface area contributed by atoms with Crippen LogP contribution in [-0.2, 0) is 11.2 Å². The maximum atomic E-state index is 5.49. The van der Waals surface area contributed by atoms with Crippen molar-refractivity contribution in [1.29, 1.82) is 0 Å². The Kier molecular flexibility index (Phi) is 5.53. The van der Waals surface area contributed by atoms with Crippen LogP contribution in [0.4, 0.5) is 0 Å². The topological polar surface area (TPSA) is 34.1 Å². The zero-order valence-electron chi connectivity index (χ0n) is 11.3. The summed E-state index contributed by atoms with van der Waals surface area (Å²) in [4.78, 5) is 4.40. The average molecular weight is 291 g/mol. The van der Waals surface area contributed by atoms with Crippen molar-refractivity contribution in [3.63, 3.8) is 0 Å². The Morgan fingerprint density at radius 1 is 1.20 bits per heavy atom. The molecule has 0 radical (unpaired) electrons. The lowest BCUT2D eigenvalue weighted by Crippen LogP contribution is -2.42. The van der Waals surface area contributed by atoms with Crippen molar-refractivity contribution in [3.05, 3.63) is 54.2 Å². The van der Waals surface area contributed by atoms with Crippen molar-refractivity contribution in [3.8, 4) is 11.3 Å². The van der Waals surface area contributed by atoms with E-state index in [2.05, 4.69) is 34.6 Å². The highest BCUT2D eigenvalue weighted by Crippen LogP contribution is 2.18. The van der Waals surface area contributed by atoms with Crippen LogP contribution in [0, 0.1) is 0 Å². The molecule has 1 fully saturated rings. The third kappa shape index (κ3) is 3.79. The molecule has 1 atom stereocenters. The highest BCUT2D eigenvalue weighted by molar-refractivity contribution is 5.85. The molecule has 4 heteroatoms. The molecule has 2 heterocycles. The molecule has 0 unspecified atom stereocenters. The summed E-state index contributed by atoms with van der Waals surface area (Å²) in [5.41, 5.74) is 3.53. The molecule has 0 aliphatic carbocycles. The Balaban J connectivity index is 0.00000147. The van der Waals surface area contributed by atoms with Crippen molar-refractivity contribution >= 4 is 12.4 Å². The zero-order chi connectivity index (χ0) is 12.9. The van der Waals surface area contributed by atoms with Gasteiger partial charge in [0.05, 0.1) is 18.9 Å². The quantitative estimate of drug-likeness (QED) is 0.944. The van der Waals surface area contributed by atoms with E-state index in [4.69, 9.17) is 4.74 Å². The van der Waals surface area contributed by atoms with Crippen LogP contribution in [-0.4, -0.2) is 30.8 Å². The van der Waals surface area contributed by atoms with Gasteiger partial charge in [-0.05, 0) is 30.2 Å². The van der Waals surface area contributed by atoms with E-state index in [1.165, 1.54) is 11.1 Å². The summed E-state index contributed by atoms with van der Waals surface area (Å²) in [5.74, 6) is 0. The molecule has 1 saturated heterocycles. The fraction of sp³-hybridized carbons (Fsp3) is 0.312. The lowest BCUT2D eigenvalue weighted by atomic mass is 10.0. The Hall–Kier alpha value is -1.42. The van der Waals surface area contributed by atoms with Crippen LogP contribution in [0.25, 0.3) is 11.3 Å². The maximum Gasteiger partial charge on any atom is 0.0702 e. The van der Waals surface area contributed by atoms with E-state index >= 15 is 0 Å². The molecule has 3 nitrogen and oxygen atoms in total. The fourth-order valence-corrected chi connectivity index (χ4v) is 2.43. The standard InChI is InChI=1S/C16H18N2O.ClH/c1-2-7-18-16(6-1)14-5-3-4-13(10-14)11-15-12-19-9-8-17-15;/h1-7,10,15,17H,8-9,11-12H2;1H/t15-;/m1./s1. The van der Waals surface area contributed by atoms with Crippen LogP contribution < -0.4 is 5.32 Å². The van der Waals surface area contributed by atoms with Crippen molar-refractivity contribution in [2.24, 2.45) is 0 Å². The van der Waals surface area contributed by atoms with Gasteiger partial charge in [0, 0.05) is 24.3 Å². The largest absolute Gasteiger partial charge is 0.379 e. The second-order valence-corrected chi connectivity index (χ2v) is 4.85. The Labute approximate surface area is 125 Å². The predicted octanol–water partition coefficient (Wildman–Crippen LogP) is 2.70. The number of pyridine rings is 1. The summed E-state index contributed by atoms with van der Waals surface area (Å²) >= 11 is 0. The Bertz CT molecular complexity index is 527. The molecule has 20 heavy (non-hydrogen) atoms. The van der Waals surface area contributed by atoms with E-state index in [-0.39, 0.29) is 12.4 Å². The molecule has 0 bridgehead atoms. The molecule has 1 N–H and O–H groups in total. The first-order chi connectivity index (χ1) is 9.42. The van der Waals surface area contributed by atoms with Gasteiger partial charge >= 0.3 is 0 Å². The van der Waals surface area contributed by atoms with E-state index in [9.17, 15) is 0 Å². The normalized spacial score (nSPS) is 18.3. The van der Waals surface area contributed by atoms with Gasteiger partial charge in [0.1, 0.15) is 0 Å². The van der Waals surface area contributed by atoms with Crippen molar-refractivity contribution in [1.82, 2.24) is 10.3 Å². The van der Waals surface area contributed by atoms with Crippen LogP contribution in [0.3, 0.4) is 0 Å². The number of aromatic nitrogens is 1. The predicted molar refractivity (Wildman–Crippen MR) is 83.2 cm³/mol. The SMILES string of the molecule is Cl.c1ccc(-c2cccc(C[C@@H]3COCCN3)c2)nc1. The third-order valence-electron chi connectivity index (χ3n) is 3.37. The molecule has 0 spiro atoms. The van der Waals surface area contributed by atoms with Crippen LogP contribution >= 0.6 is 12.4 Å². The van der Waals surface area contributed by atoms with E-state index in [0.717, 1.165) is 31.9 Å². The van der Waals surface area contributed by atoms with Gasteiger partial charge in [-0.3, -0.25) is 4.98 Å². The molecular weight excluding hydrogens is 272 g/mol. The van der Waals surface area contributed by atoms with Crippen molar-refractivity contribution < 1.29 is 4.74 Å². The number of rotatable bonds is 3. The third-order valence-corrected chi connectivity index (χ3v) is 3.37. The van der Waals surface area contributed by atoms with E-state index in [0.29, 0.717) is 6.04 Å². The number of morpholine rings is 1. The number of ether oxygens (including phenoxy) is 1. The lowest BCUT2D eigenvalue weighted by molar-refractivity contribution is 0.0770. The van der Waals surface area contributed by atoms with Gasteiger partial charge in [-0.1, -0.05) is 24.3 Å². The van der Waals surface area contributed by atoms with E-state index < -0.39 is 0 Å².